The SMILES string of the molecule is O=C(OCC(=O)c1ccc(Br)s1)C1=COCCO1. The summed E-state index contributed by atoms with van der Waals surface area (Å²) in [4.78, 5) is 23.7. The molecule has 2 heterocycles. The highest BCUT2D eigenvalue weighted by atomic mass is 79.9. The second-order valence-corrected chi connectivity index (χ2v) is 5.77. The van der Waals surface area contributed by atoms with E-state index in [1.807, 2.05) is 0 Å². The number of esters is 1. The fourth-order valence-corrected chi connectivity index (χ4v) is 2.52. The lowest BCUT2D eigenvalue weighted by Crippen LogP contribution is -2.20. The van der Waals surface area contributed by atoms with Gasteiger partial charge in [0.05, 0.1) is 8.66 Å². The van der Waals surface area contributed by atoms with Crippen LogP contribution in [0, 0.1) is 0 Å². The third kappa shape index (κ3) is 3.33. The number of Topliss-reactive ketones (excluding diaryl/α,β-unsaturated/α-hetero) is 1. The third-order valence-electron chi connectivity index (χ3n) is 2.03. The largest absolute Gasteiger partial charge is 0.493 e. The first-order valence-corrected chi connectivity index (χ1v) is 6.68. The Morgan fingerprint density at radius 2 is 2.22 bits per heavy atom. The zero-order chi connectivity index (χ0) is 13.0. The number of carbonyl (C=O) groups is 2. The Morgan fingerprint density at radius 1 is 1.39 bits per heavy atom. The average Bonchev–Trinajstić information content (AvgIpc) is 2.83. The molecule has 0 atom stereocenters. The van der Waals surface area contributed by atoms with Gasteiger partial charge in [0.1, 0.15) is 19.5 Å². The van der Waals surface area contributed by atoms with Crippen LogP contribution in [-0.4, -0.2) is 31.6 Å². The Bertz CT molecular complexity index is 493. The lowest BCUT2D eigenvalue weighted by Gasteiger charge is -2.13. The highest BCUT2D eigenvalue weighted by molar-refractivity contribution is 9.11. The maximum atomic E-state index is 11.7. The van der Waals surface area contributed by atoms with Crippen molar-refractivity contribution in [3.63, 3.8) is 0 Å². The zero-order valence-electron chi connectivity index (χ0n) is 9.18. The van der Waals surface area contributed by atoms with Gasteiger partial charge in [0, 0.05) is 0 Å². The maximum Gasteiger partial charge on any atom is 0.377 e. The van der Waals surface area contributed by atoms with Crippen molar-refractivity contribution in [2.75, 3.05) is 19.8 Å². The number of rotatable bonds is 4. The second kappa shape index (κ2) is 6.01. The molecule has 7 heteroatoms. The van der Waals surface area contributed by atoms with Gasteiger partial charge < -0.3 is 14.2 Å². The molecule has 96 valence electrons. The second-order valence-electron chi connectivity index (χ2n) is 3.30. The summed E-state index contributed by atoms with van der Waals surface area (Å²) in [6, 6.07) is 3.44. The molecule has 0 amide bonds. The number of ketones is 1. The molecule has 0 spiro atoms. The molecule has 2 rings (SSSR count). The van der Waals surface area contributed by atoms with Gasteiger partial charge in [0.15, 0.2) is 6.61 Å². The molecule has 1 aromatic rings. The number of halogens is 1. The van der Waals surface area contributed by atoms with E-state index in [0.717, 1.165) is 3.79 Å². The van der Waals surface area contributed by atoms with Crippen LogP contribution >= 0.6 is 27.3 Å². The van der Waals surface area contributed by atoms with E-state index in [2.05, 4.69) is 15.9 Å². The minimum absolute atomic E-state index is 0.0126. The van der Waals surface area contributed by atoms with Gasteiger partial charge in [0.2, 0.25) is 11.5 Å². The van der Waals surface area contributed by atoms with E-state index in [9.17, 15) is 9.59 Å². The fourth-order valence-electron chi connectivity index (χ4n) is 1.21. The molecule has 0 saturated carbocycles. The van der Waals surface area contributed by atoms with Crippen LogP contribution in [0.4, 0.5) is 0 Å². The van der Waals surface area contributed by atoms with Gasteiger partial charge in [-0.1, -0.05) is 0 Å². The molecule has 5 nitrogen and oxygen atoms in total. The van der Waals surface area contributed by atoms with Crippen molar-refractivity contribution in [2.24, 2.45) is 0 Å². The fraction of sp³-hybridized carbons (Fsp3) is 0.273. The van der Waals surface area contributed by atoms with Crippen LogP contribution in [0.15, 0.2) is 27.9 Å². The van der Waals surface area contributed by atoms with Gasteiger partial charge in [0.25, 0.3) is 0 Å². The Morgan fingerprint density at radius 3 is 2.83 bits per heavy atom. The maximum absolute atomic E-state index is 11.7. The van der Waals surface area contributed by atoms with E-state index in [-0.39, 0.29) is 18.1 Å². The smallest absolute Gasteiger partial charge is 0.377 e. The van der Waals surface area contributed by atoms with Crippen molar-refractivity contribution in [1.82, 2.24) is 0 Å². The number of hydrogen-bond acceptors (Lipinski definition) is 6. The Hall–Kier alpha value is -1.34. The summed E-state index contributed by atoms with van der Waals surface area (Å²) < 4.78 is 15.6. The molecule has 0 aromatic carbocycles. The molecule has 18 heavy (non-hydrogen) atoms. The number of ether oxygens (including phenoxy) is 3. The summed E-state index contributed by atoms with van der Waals surface area (Å²) in [5.41, 5.74) is 0. The molecular formula is C11H9BrO5S. The molecule has 0 saturated heterocycles. The quantitative estimate of drug-likeness (QED) is 0.624. The van der Waals surface area contributed by atoms with E-state index in [1.54, 1.807) is 12.1 Å². The van der Waals surface area contributed by atoms with E-state index in [0.29, 0.717) is 18.1 Å². The average molecular weight is 333 g/mol. The van der Waals surface area contributed by atoms with E-state index in [4.69, 9.17) is 14.2 Å². The van der Waals surface area contributed by atoms with Crippen molar-refractivity contribution in [1.29, 1.82) is 0 Å². The van der Waals surface area contributed by atoms with Crippen molar-refractivity contribution in [3.8, 4) is 0 Å². The highest BCUT2D eigenvalue weighted by Gasteiger charge is 2.18. The summed E-state index contributed by atoms with van der Waals surface area (Å²) in [6.07, 6.45) is 1.19. The third-order valence-corrected chi connectivity index (χ3v) is 3.70. The Labute approximate surface area is 115 Å². The predicted molar refractivity (Wildman–Crippen MR) is 67.3 cm³/mol. The molecule has 0 bridgehead atoms. The highest BCUT2D eigenvalue weighted by Crippen LogP contribution is 2.22. The van der Waals surface area contributed by atoms with E-state index < -0.39 is 5.97 Å². The van der Waals surface area contributed by atoms with Crippen molar-refractivity contribution in [3.05, 3.63) is 32.8 Å². The van der Waals surface area contributed by atoms with E-state index >= 15 is 0 Å². The van der Waals surface area contributed by atoms with Crippen LogP contribution in [0.3, 0.4) is 0 Å². The van der Waals surface area contributed by atoms with Crippen LogP contribution in [0.1, 0.15) is 9.67 Å². The number of carbonyl (C=O) groups excluding carboxylic acids is 2. The lowest BCUT2D eigenvalue weighted by molar-refractivity contribution is -0.143. The van der Waals surface area contributed by atoms with Gasteiger partial charge in [-0.2, -0.15) is 0 Å². The summed E-state index contributed by atoms with van der Waals surface area (Å²) in [7, 11) is 0. The van der Waals surface area contributed by atoms with Crippen LogP contribution in [0.5, 0.6) is 0 Å². The van der Waals surface area contributed by atoms with Gasteiger partial charge in [-0.3, -0.25) is 4.79 Å². The van der Waals surface area contributed by atoms with Crippen LogP contribution in [0.2, 0.25) is 0 Å². The molecule has 0 N–H and O–H groups in total. The summed E-state index contributed by atoms with van der Waals surface area (Å²) in [5, 5.41) is 0. The molecule has 0 fully saturated rings. The minimum Gasteiger partial charge on any atom is -0.493 e. The normalized spacial score (nSPS) is 14.2. The Balaban J connectivity index is 1.86. The monoisotopic (exact) mass is 332 g/mol. The first kappa shape index (κ1) is 13.1. The Kier molecular flexibility index (Phi) is 4.38. The zero-order valence-corrected chi connectivity index (χ0v) is 11.6. The molecule has 1 aliphatic heterocycles. The molecule has 0 aliphatic carbocycles. The first-order valence-electron chi connectivity index (χ1n) is 5.07. The van der Waals surface area contributed by atoms with Crippen LogP contribution in [0.25, 0.3) is 0 Å². The van der Waals surface area contributed by atoms with E-state index in [1.165, 1.54) is 17.6 Å². The first-order chi connectivity index (χ1) is 8.66. The topological polar surface area (TPSA) is 61.8 Å². The number of hydrogen-bond donors (Lipinski definition) is 0. The molecule has 0 unspecified atom stereocenters. The van der Waals surface area contributed by atoms with Crippen molar-refractivity contribution < 1.29 is 23.8 Å². The molecule has 0 radical (unpaired) electrons. The van der Waals surface area contributed by atoms with Gasteiger partial charge >= 0.3 is 5.97 Å². The predicted octanol–water partition coefficient (Wildman–Crippen LogP) is 2.12. The van der Waals surface area contributed by atoms with Crippen molar-refractivity contribution >= 4 is 39.0 Å². The lowest BCUT2D eigenvalue weighted by atomic mass is 10.3. The summed E-state index contributed by atoms with van der Waals surface area (Å²) in [6.45, 7) is 0.387. The number of thiophene rings is 1. The van der Waals surface area contributed by atoms with Gasteiger partial charge in [-0.05, 0) is 28.1 Å². The molecular weight excluding hydrogens is 324 g/mol. The minimum atomic E-state index is -0.696. The standard InChI is InChI=1S/C11H9BrO5S/c12-10-2-1-9(18-10)7(13)5-17-11(14)8-6-15-3-4-16-8/h1-2,6H,3-5H2. The summed E-state index contributed by atoms with van der Waals surface area (Å²) in [5.74, 6) is -0.962. The van der Waals surface area contributed by atoms with Crippen LogP contribution in [-0.2, 0) is 19.0 Å². The molecule has 1 aliphatic rings. The summed E-state index contributed by atoms with van der Waals surface area (Å²) >= 11 is 4.54. The van der Waals surface area contributed by atoms with Crippen molar-refractivity contribution in [2.45, 2.75) is 0 Å². The van der Waals surface area contributed by atoms with Gasteiger partial charge in [-0.25, -0.2) is 4.79 Å². The van der Waals surface area contributed by atoms with Gasteiger partial charge in [-0.15, -0.1) is 11.3 Å². The van der Waals surface area contributed by atoms with Crippen LogP contribution < -0.4 is 0 Å². The molecule has 1 aromatic heterocycles.